The minimum atomic E-state index is -0.724. The van der Waals surface area contributed by atoms with E-state index in [4.69, 9.17) is 4.74 Å². The summed E-state index contributed by atoms with van der Waals surface area (Å²) in [6, 6.07) is 28.9. The molecule has 0 aliphatic carbocycles. The summed E-state index contributed by atoms with van der Waals surface area (Å²) in [5.41, 5.74) is 6.73. The average Bonchev–Trinajstić information content (AvgIpc) is 3.13. The van der Waals surface area contributed by atoms with Crippen LogP contribution in [0.5, 0.6) is 5.88 Å². The number of carbonyl (C=O) groups is 2. The quantitative estimate of drug-likeness (QED) is 0.187. The highest BCUT2D eigenvalue weighted by Gasteiger charge is 2.34. The van der Waals surface area contributed by atoms with Crippen molar-refractivity contribution in [3.8, 4) is 17.1 Å². The average molecular weight is 610 g/mol. The molecule has 6 rings (SSSR count). The first kappa shape index (κ1) is 30.4. The van der Waals surface area contributed by atoms with Crippen LogP contribution in [0.3, 0.4) is 0 Å². The number of benzene rings is 3. The molecular formula is C38H35N5O3. The maximum absolute atomic E-state index is 14.5. The molecule has 2 amide bonds. The van der Waals surface area contributed by atoms with Crippen LogP contribution in [0.1, 0.15) is 27.8 Å². The Kier molecular flexibility index (Phi) is 9.54. The van der Waals surface area contributed by atoms with Crippen molar-refractivity contribution in [1.29, 1.82) is 0 Å². The molecule has 2 aromatic heterocycles. The highest BCUT2D eigenvalue weighted by Crippen LogP contribution is 2.24. The molecule has 0 radical (unpaired) electrons. The lowest BCUT2D eigenvalue weighted by Crippen LogP contribution is -2.52. The van der Waals surface area contributed by atoms with Crippen LogP contribution in [-0.4, -0.2) is 56.3 Å². The van der Waals surface area contributed by atoms with Crippen LogP contribution in [0.15, 0.2) is 122 Å². The van der Waals surface area contributed by atoms with Crippen LogP contribution in [0.2, 0.25) is 0 Å². The zero-order valence-electron chi connectivity index (χ0n) is 25.7. The van der Waals surface area contributed by atoms with Gasteiger partial charge in [-0.25, -0.2) is 4.98 Å². The molecule has 46 heavy (non-hydrogen) atoms. The van der Waals surface area contributed by atoms with Gasteiger partial charge in [0.25, 0.3) is 0 Å². The molecule has 5 aromatic rings. The number of nitrogens with zero attached hydrogens (tertiary/aromatic N) is 5. The van der Waals surface area contributed by atoms with Gasteiger partial charge < -0.3 is 14.5 Å². The van der Waals surface area contributed by atoms with Gasteiger partial charge in [0.2, 0.25) is 17.7 Å². The predicted octanol–water partition coefficient (Wildman–Crippen LogP) is 5.79. The largest absolute Gasteiger partial charge is 0.481 e. The van der Waals surface area contributed by atoms with E-state index >= 15 is 0 Å². The number of aromatic nitrogens is 3. The summed E-state index contributed by atoms with van der Waals surface area (Å²) >= 11 is 0. The maximum Gasteiger partial charge on any atom is 0.247 e. The number of ether oxygens (including phenoxy) is 1. The smallest absolute Gasteiger partial charge is 0.247 e. The van der Waals surface area contributed by atoms with Crippen LogP contribution in [0.25, 0.3) is 17.3 Å². The van der Waals surface area contributed by atoms with Crippen LogP contribution >= 0.6 is 0 Å². The van der Waals surface area contributed by atoms with E-state index < -0.39 is 6.04 Å². The lowest BCUT2D eigenvalue weighted by Gasteiger charge is -2.37. The van der Waals surface area contributed by atoms with Crippen LogP contribution in [0, 0.1) is 0 Å². The van der Waals surface area contributed by atoms with E-state index in [-0.39, 0.29) is 18.4 Å². The molecule has 230 valence electrons. The van der Waals surface area contributed by atoms with E-state index in [1.807, 2.05) is 77.7 Å². The second-order valence-electron chi connectivity index (χ2n) is 11.2. The first-order valence-electron chi connectivity index (χ1n) is 15.3. The summed E-state index contributed by atoms with van der Waals surface area (Å²) < 4.78 is 5.17. The molecule has 3 heterocycles. The number of carbonyl (C=O) groups excluding carboxylic acids is 2. The Hall–Kier alpha value is -5.63. The fourth-order valence-corrected chi connectivity index (χ4v) is 5.70. The third-order valence-corrected chi connectivity index (χ3v) is 8.21. The Balaban J connectivity index is 1.34. The van der Waals surface area contributed by atoms with Crippen molar-refractivity contribution in [1.82, 2.24) is 24.8 Å². The molecule has 0 saturated carbocycles. The van der Waals surface area contributed by atoms with Gasteiger partial charge in [0, 0.05) is 62.4 Å². The number of hydrogen-bond acceptors (Lipinski definition) is 6. The molecule has 0 N–H and O–H groups in total. The number of fused-ring (bicyclic) bond motifs is 1. The SMILES string of the molecule is COc1ccc(C=CC(=O)N(Cc2ccc(-c3cnccn3)cc2)[C@@H](Cc2ccccc2)C(=O)N2CCc3ccccc3C2)cn1. The van der Waals surface area contributed by atoms with Crippen LogP contribution < -0.4 is 4.74 Å². The van der Waals surface area contributed by atoms with Gasteiger partial charge in [-0.05, 0) is 46.4 Å². The van der Waals surface area contributed by atoms with Gasteiger partial charge in [0.1, 0.15) is 6.04 Å². The Morgan fingerprint density at radius 2 is 1.65 bits per heavy atom. The van der Waals surface area contributed by atoms with Gasteiger partial charge in [0.05, 0.1) is 19.0 Å². The number of pyridine rings is 1. The van der Waals surface area contributed by atoms with Gasteiger partial charge in [0.15, 0.2) is 0 Å². The molecule has 0 bridgehead atoms. The third-order valence-electron chi connectivity index (χ3n) is 8.21. The summed E-state index contributed by atoms with van der Waals surface area (Å²) in [7, 11) is 1.56. The van der Waals surface area contributed by atoms with Crippen LogP contribution in [0.4, 0.5) is 0 Å². The zero-order valence-corrected chi connectivity index (χ0v) is 25.7. The van der Waals surface area contributed by atoms with Crippen molar-refractivity contribution in [3.05, 3.63) is 150 Å². The lowest BCUT2D eigenvalue weighted by atomic mass is 9.97. The fraction of sp³-hybridized carbons (Fsp3) is 0.184. The minimum absolute atomic E-state index is 0.0672. The van der Waals surface area contributed by atoms with Gasteiger partial charge in [-0.2, -0.15) is 0 Å². The molecule has 1 aliphatic heterocycles. The zero-order chi connectivity index (χ0) is 31.7. The van der Waals surface area contributed by atoms with E-state index in [2.05, 4.69) is 27.1 Å². The van der Waals surface area contributed by atoms with E-state index in [0.717, 1.165) is 39.9 Å². The van der Waals surface area contributed by atoms with Crippen molar-refractivity contribution in [2.45, 2.75) is 32.0 Å². The Morgan fingerprint density at radius 1 is 0.870 bits per heavy atom. The summed E-state index contributed by atoms with van der Waals surface area (Å²) in [6.45, 7) is 1.37. The summed E-state index contributed by atoms with van der Waals surface area (Å²) in [5.74, 6) is 0.162. The number of hydrogen-bond donors (Lipinski definition) is 0. The molecule has 1 atom stereocenters. The van der Waals surface area contributed by atoms with E-state index in [9.17, 15) is 9.59 Å². The first-order valence-corrected chi connectivity index (χ1v) is 15.3. The highest BCUT2D eigenvalue weighted by atomic mass is 16.5. The number of methoxy groups -OCH3 is 1. The molecule has 0 spiro atoms. The summed E-state index contributed by atoms with van der Waals surface area (Å²) in [4.78, 5) is 45.1. The molecule has 8 nitrogen and oxygen atoms in total. The Bertz CT molecular complexity index is 1790. The lowest BCUT2D eigenvalue weighted by molar-refractivity contribution is -0.144. The molecule has 0 saturated heterocycles. The second-order valence-corrected chi connectivity index (χ2v) is 11.2. The molecule has 8 heteroatoms. The third kappa shape index (κ3) is 7.35. The topological polar surface area (TPSA) is 88.5 Å². The van der Waals surface area contributed by atoms with Crippen molar-refractivity contribution in [2.75, 3.05) is 13.7 Å². The molecule has 3 aromatic carbocycles. The number of rotatable bonds is 10. The molecular weight excluding hydrogens is 574 g/mol. The fourth-order valence-electron chi connectivity index (χ4n) is 5.70. The molecule has 1 aliphatic rings. The van der Waals surface area contributed by atoms with Gasteiger partial charge >= 0.3 is 0 Å². The normalized spacial score (nSPS) is 13.2. The molecule has 0 unspecified atom stereocenters. The standard InChI is InChI=1S/C38H35N5O3/c1-46-36-17-13-29(24-41-36)14-18-37(44)43(26-30-11-15-32(16-12-30)34-25-39-20-21-40-34)35(23-28-7-3-2-4-8-28)38(45)42-22-19-31-9-5-6-10-33(31)27-42/h2-18,20-21,24-25,35H,19,22-23,26-27H2,1H3/t35-/m0/s1. The summed E-state index contributed by atoms with van der Waals surface area (Å²) in [6.07, 6.45) is 11.1. The monoisotopic (exact) mass is 609 g/mol. The van der Waals surface area contributed by atoms with Gasteiger partial charge in [-0.3, -0.25) is 19.6 Å². The maximum atomic E-state index is 14.5. The first-order chi connectivity index (χ1) is 22.6. The van der Waals surface area contributed by atoms with Gasteiger partial charge in [-0.15, -0.1) is 0 Å². The van der Waals surface area contributed by atoms with Gasteiger partial charge in [-0.1, -0.05) is 78.9 Å². The van der Waals surface area contributed by atoms with Crippen LogP contribution in [-0.2, 0) is 35.5 Å². The predicted molar refractivity (Wildman–Crippen MR) is 177 cm³/mol. The van der Waals surface area contributed by atoms with E-state index in [1.54, 1.807) is 48.9 Å². The molecule has 0 fully saturated rings. The van der Waals surface area contributed by atoms with Crippen molar-refractivity contribution < 1.29 is 14.3 Å². The number of amides is 2. The second kappa shape index (κ2) is 14.4. The van der Waals surface area contributed by atoms with Crippen molar-refractivity contribution in [3.63, 3.8) is 0 Å². The van der Waals surface area contributed by atoms with E-state index in [1.165, 1.54) is 11.6 Å². The van der Waals surface area contributed by atoms with E-state index in [0.29, 0.717) is 25.4 Å². The Morgan fingerprint density at radius 3 is 2.37 bits per heavy atom. The Labute approximate surface area is 269 Å². The highest BCUT2D eigenvalue weighted by molar-refractivity contribution is 5.95. The van der Waals surface area contributed by atoms with Crippen molar-refractivity contribution in [2.24, 2.45) is 0 Å². The summed E-state index contributed by atoms with van der Waals surface area (Å²) in [5, 5.41) is 0. The minimum Gasteiger partial charge on any atom is -0.481 e. The van der Waals surface area contributed by atoms with Crippen molar-refractivity contribution >= 4 is 17.9 Å².